The van der Waals surface area contributed by atoms with Crippen molar-refractivity contribution < 1.29 is 38.9 Å². The maximum atomic E-state index is 14.1. The first-order valence-electron chi connectivity index (χ1n) is 23.8. The molecule has 334 valence electrons. The van der Waals surface area contributed by atoms with Gasteiger partial charge >= 0.3 is 5.97 Å². The molecule has 0 bridgehead atoms. The molecule has 9 N–H and O–H groups in total. The lowest BCUT2D eigenvalue weighted by Gasteiger charge is -2.60. The summed E-state index contributed by atoms with van der Waals surface area (Å²) in [4.78, 5) is 29.6. The predicted molar refractivity (Wildman–Crippen MR) is 226 cm³/mol. The molecule has 0 aromatic carbocycles. The summed E-state index contributed by atoms with van der Waals surface area (Å²) in [5.41, 5.74) is 8.46. The molecule has 5 heterocycles. The first-order chi connectivity index (χ1) is 28.1. The number of rotatable bonds is 25. The number of hydrogen-bond acceptors (Lipinski definition) is 11. The zero-order valence-corrected chi connectivity index (χ0v) is 36.4. The lowest BCUT2D eigenvalue weighted by atomic mass is 9.77. The summed E-state index contributed by atoms with van der Waals surface area (Å²) in [6, 6.07) is 0.167. The molecule has 0 aromatic heterocycles. The van der Waals surface area contributed by atoms with Crippen molar-refractivity contribution in [1.29, 1.82) is 0 Å². The molecule has 10 atom stereocenters. The Kier molecular flexibility index (Phi) is 19.2. The third-order valence-corrected chi connectivity index (χ3v) is 13.8. The number of esters is 1. The van der Waals surface area contributed by atoms with E-state index in [-0.39, 0.29) is 36.4 Å². The molecule has 0 aliphatic carbocycles. The van der Waals surface area contributed by atoms with Crippen LogP contribution in [-0.4, -0.2) is 108 Å². The van der Waals surface area contributed by atoms with Crippen LogP contribution in [0.2, 0.25) is 0 Å². The highest BCUT2D eigenvalue weighted by molar-refractivity contribution is 5.76. The predicted octanol–water partition coefficient (Wildman–Crippen LogP) is 4.24. The fraction of sp³-hybridized carbons (Fsp3) is 0.911. The lowest BCUT2D eigenvalue weighted by molar-refractivity contribution is -1.03. The molecule has 0 radical (unpaired) electrons. The summed E-state index contributed by atoms with van der Waals surface area (Å²) in [7, 11) is 0. The van der Waals surface area contributed by atoms with E-state index in [2.05, 4.69) is 36.6 Å². The van der Waals surface area contributed by atoms with E-state index >= 15 is 0 Å². The van der Waals surface area contributed by atoms with Gasteiger partial charge < -0.3 is 40.8 Å². The summed E-state index contributed by atoms with van der Waals surface area (Å²) in [6.07, 6.45) is 27.6. The molecule has 0 saturated carbocycles. The number of nitrogens with zero attached hydrogens (tertiary/aromatic N) is 1. The number of amides is 1. The second-order valence-electron chi connectivity index (χ2n) is 18.4. The van der Waals surface area contributed by atoms with Gasteiger partial charge in [-0.3, -0.25) is 14.5 Å². The molecule has 4 saturated heterocycles. The lowest BCUT2D eigenvalue weighted by Crippen LogP contribution is -3.32. The summed E-state index contributed by atoms with van der Waals surface area (Å²) in [5, 5.41) is 30.4. The maximum absolute atomic E-state index is 14.1. The van der Waals surface area contributed by atoms with Gasteiger partial charge in [-0.15, -0.1) is 0 Å². The average molecular weight is 820 g/mol. The third kappa shape index (κ3) is 12.7. The Labute approximate surface area is 350 Å². The van der Waals surface area contributed by atoms with Crippen molar-refractivity contribution in [3.8, 4) is 0 Å². The van der Waals surface area contributed by atoms with Crippen molar-refractivity contribution in [1.82, 2.24) is 15.5 Å². The smallest absolute Gasteiger partial charge is 0.322 e. The molecule has 4 fully saturated rings. The van der Waals surface area contributed by atoms with E-state index in [1.54, 1.807) is 4.90 Å². The van der Waals surface area contributed by atoms with Gasteiger partial charge in [-0.1, -0.05) is 89.7 Å². The second-order valence-corrected chi connectivity index (χ2v) is 18.4. The highest BCUT2D eigenvalue weighted by Gasteiger charge is 2.73. The van der Waals surface area contributed by atoms with Gasteiger partial charge in [0.05, 0.1) is 31.0 Å². The van der Waals surface area contributed by atoms with E-state index in [9.17, 15) is 19.8 Å². The van der Waals surface area contributed by atoms with Crippen LogP contribution in [0.3, 0.4) is 0 Å². The molecule has 5 aliphatic rings. The van der Waals surface area contributed by atoms with Crippen molar-refractivity contribution in [2.45, 2.75) is 222 Å². The second kappa shape index (κ2) is 23.5. The number of unbranched alkanes of at least 4 members (excludes halogenated alkanes) is 12. The Hall–Kier alpha value is -1.68. The van der Waals surface area contributed by atoms with E-state index in [1.807, 2.05) is 0 Å². The summed E-state index contributed by atoms with van der Waals surface area (Å²) in [5.74, 6) is -1.01. The van der Waals surface area contributed by atoms with E-state index in [4.69, 9.17) is 25.7 Å². The van der Waals surface area contributed by atoms with Crippen LogP contribution in [0.25, 0.3) is 0 Å². The van der Waals surface area contributed by atoms with Gasteiger partial charge in [0, 0.05) is 38.8 Å². The van der Waals surface area contributed by atoms with Crippen LogP contribution in [0.1, 0.15) is 174 Å². The molecule has 1 amide bonds. The van der Waals surface area contributed by atoms with Gasteiger partial charge in [-0.2, -0.15) is 0 Å². The minimum Gasteiger partial charge on any atom is -0.465 e. The number of carbonyl (C=O) groups is 2. The molecule has 58 heavy (non-hydrogen) atoms. The zero-order valence-electron chi connectivity index (χ0n) is 36.4. The number of allylic oxidation sites excluding steroid dienone is 1. The highest BCUT2D eigenvalue weighted by Crippen LogP contribution is 2.45. The van der Waals surface area contributed by atoms with Crippen LogP contribution in [0.5, 0.6) is 0 Å². The number of ether oxygens (including phenoxy) is 3. The molecule has 5 rings (SSSR count). The van der Waals surface area contributed by atoms with Gasteiger partial charge in [-0.25, -0.2) is 10.6 Å². The fourth-order valence-corrected chi connectivity index (χ4v) is 10.8. The van der Waals surface area contributed by atoms with Crippen LogP contribution < -0.4 is 27.0 Å². The van der Waals surface area contributed by atoms with E-state index in [0.717, 1.165) is 94.8 Å². The third-order valence-electron chi connectivity index (χ3n) is 13.8. The molecule has 0 aromatic rings. The number of hydrogen-bond donors (Lipinski definition) is 7. The summed E-state index contributed by atoms with van der Waals surface area (Å²) in [6.45, 7) is 6.50. The normalized spacial score (nSPS) is 33.6. The van der Waals surface area contributed by atoms with Crippen LogP contribution in [0.15, 0.2) is 12.2 Å². The maximum Gasteiger partial charge on any atom is 0.322 e. The van der Waals surface area contributed by atoms with E-state index < -0.39 is 29.2 Å². The minimum atomic E-state index is -1.28. The van der Waals surface area contributed by atoms with Gasteiger partial charge in [0.15, 0.2) is 5.92 Å². The molecule has 2 spiro atoms. The van der Waals surface area contributed by atoms with Gasteiger partial charge in [0.2, 0.25) is 17.9 Å². The molecule has 13 nitrogen and oxygen atoms in total. The standard InChI is InChI=1S/C45H82N6O7/c1-3-38-22-16-17-26-43(58-38)33-36-24-28-45(55)40(44(27-19-21-35(2)57-44)49-42(48-43)51(36)45)41(54)56-32-18-14-12-10-8-6-4-5-7-9-11-13-15-23-39(53)50(31-20-29-46)34-37(52)25-30-47/h16,22,35-38,40,42,48-49,52,55H,3-15,17-21,23-34,46-47H2,1-2H3/p+1. The Morgan fingerprint density at radius 1 is 0.914 bits per heavy atom. The number of aliphatic hydroxyl groups is 2. The van der Waals surface area contributed by atoms with Crippen molar-refractivity contribution in [3.05, 3.63) is 12.2 Å². The van der Waals surface area contributed by atoms with Crippen molar-refractivity contribution >= 4 is 11.9 Å². The fourth-order valence-electron chi connectivity index (χ4n) is 10.8. The summed E-state index contributed by atoms with van der Waals surface area (Å²) >= 11 is 0. The highest BCUT2D eigenvalue weighted by atomic mass is 16.6. The molecule has 10 unspecified atom stereocenters. The monoisotopic (exact) mass is 820 g/mol. The van der Waals surface area contributed by atoms with Crippen LogP contribution >= 0.6 is 0 Å². The van der Waals surface area contributed by atoms with Crippen molar-refractivity contribution in [3.63, 3.8) is 0 Å². The molecule has 5 aliphatic heterocycles. The van der Waals surface area contributed by atoms with Gasteiger partial charge in [-0.05, 0) is 84.2 Å². The Bertz CT molecular complexity index is 1280. The number of quaternary nitrogens is 1. The zero-order chi connectivity index (χ0) is 41.4. The number of carbonyl (C=O) groups excluding carboxylic acids is 2. The van der Waals surface area contributed by atoms with Crippen LogP contribution in [0, 0.1) is 5.92 Å². The first-order valence-corrected chi connectivity index (χ1v) is 23.8. The Balaban J connectivity index is 0.953. The van der Waals surface area contributed by atoms with Gasteiger partial charge in [0.1, 0.15) is 11.4 Å². The minimum absolute atomic E-state index is 0.0221. The summed E-state index contributed by atoms with van der Waals surface area (Å²) < 4.78 is 19.5. The SMILES string of the molecule is CCC1C=CCCC2(CC3CCC4(O)C(C(=O)OCCCCCCCCCCCCCCCC(=O)N(CCCN)CC(O)CCN)C5(CCCC(C)O5)NC(N2)[NH+]34)O1. The van der Waals surface area contributed by atoms with Crippen LogP contribution in [0.4, 0.5) is 0 Å². The number of nitrogens with two attached hydrogens (primary N) is 2. The Morgan fingerprint density at radius 2 is 1.60 bits per heavy atom. The van der Waals surface area contributed by atoms with Crippen molar-refractivity contribution in [2.24, 2.45) is 17.4 Å². The largest absolute Gasteiger partial charge is 0.465 e. The van der Waals surface area contributed by atoms with Crippen molar-refractivity contribution in [2.75, 3.05) is 32.8 Å². The first kappa shape index (κ1) is 47.4. The molecular formula is C45H83N6O7+. The molecule has 13 heteroatoms. The van der Waals surface area contributed by atoms with E-state index in [0.29, 0.717) is 58.5 Å². The topological polar surface area (TPSA) is 186 Å². The number of nitrogens with one attached hydrogen (secondary N) is 3. The quantitative estimate of drug-likeness (QED) is 0.0397. The van der Waals surface area contributed by atoms with Gasteiger partial charge in [0.25, 0.3) is 0 Å². The molecular weight excluding hydrogens is 737 g/mol. The van der Waals surface area contributed by atoms with Crippen LogP contribution in [-0.2, 0) is 23.8 Å². The van der Waals surface area contributed by atoms with E-state index in [1.165, 1.54) is 44.9 Å². The number of aliphatic hydroxyl groups excluding tert-OH is 1. The Morgan fingerprint density at radius 3 is 2.26 bits per heavy atom. The average Bonchev–Trinajstić information content (AvgIpc) is 3.40.